The topological polar surface area (TPSA) is 12.0 Å². The van der Waals surface area contributed by atoms with E-state index in [1.54, 1.807) is 0 Å². The van der Waals surface area contributed by atoms with Gasteiger partial charge in [-0.25, -0.2) is 0 Å². The van der Waals surface area contributed by atoms with Crippen LogP contribution >= 0.6 is 43.5 Å². The fourth-order valence-corrected chi connectivity index (χ4v) is 3.10. The lowest BCUT2D eigenvalue weighted by Crippen LogP contribution is -2.18. The van der Waals surface area contributed by atoms with Crippen molar-refractivity contribution >= 4 is 43.5 Å². The summed E-state index contributed by atoms with van der Waals surface area (Å²) in [5.74, 6) is 0. The van der Waals surface area contributed by atoms with Gasteiger partial charge in [0.05, 0.1) is 0 Å². The van der Waals surface area contributed by atoms with Crippen molar-refractivity contribution < 1.29 is 0 Å². The highest BCUT2D eigenvalue weighted by molar-refractivity contribution is 9.10. The van der Waals surface area contributed by atoms with Crippen LogP contribution in [0.15, 0.2) is 51.4 Å². The van der Waals surface area contributed by atoms with Crippen molar-refractivity contribution in [1.82, 2.24) is 5.32 Å². The number of benzene rings is 2. The fraction of sp³-hybridized carbons (Fsp3) is 0.200. The normalized spacial score (nSPS) is 12.4. The van der Waals surface area contributed by atoms with Crippen molar-refractivity contribution in [3.8, 4) is 0 Å². The van der Waals surface area contributed by atoms with E-state index in [-0.39, 0.29) is 6.04 Å². The van der Waals surface area contributed by atoms with Crippen LogP contribution in [-0.4, -0.2) is 0 Å². The molecule has 2 rings (SSSR count). The van der Waals surface area contributed by atoms with Crippen molar-refractivity contribution in [2.75, 3.05) is 0 Å². The highest BCUT2D eigenvalue weighted by atomic mass is 79.9. The van der Waals surface area contributed by atoms with Gasteiger partial charge in [0.2, 0.25) is 0 Å². The molecule has 2 aromatic rings. The lowest BCUT2D eigenvalue weighted by atomic mass is 10.1. The third-order valence-corrected chi connectivity index (χ3v) is 4.56. The maximum absolute atomic E-state index is 6.19. The van der Waals surface area contributed by atoms with E-state index in [2.05, 4.69) is 56.2 Å². The second-order valence-corrected chi connectivity index (χ2v) is 6.54. The summed E-state index contributed by atoms with van der Waals surface area (Å²) >= 11 is 13.2. The minimum atomic E-state index is 0.255. The van der Waals surface area contributed by atoms with E-state index >= 15 is 0 Å². The summed E-state index contributed by atoms with van der Waals surface area (Å²) in [5.41, 5.74) is 2.34. The van der Waals surface area contributed by atoms with Gasteiger partial charge in [-0.1, -0.05) is 61.7 Å². The SMILES string of the molecule is CC(NCc1cc(Br)ccc1Cl)c1ccccc1Br. The number of rotatable bonds is 4. The van der Waals surface area contributed by atoms with Gasteiger partial charge < -0.3 is 5.32 Å². The Balaban J connectivity index is 2.06. The zero-order valence-corrected chi connectivity index (χ0v) is 14.4. The smallest absolute Gasteiger partial charge is 0.0451 e. The van der Waals surface area contributed by atoms with Crippen LogP contribution in [0.25, 0.3) is 0 Å². The predicted molar refractivity (Wildman–Crippen MR) is 88.5 cm³/mol. The highest BCUT2D eigenvalue weighted by Crippen LogP contribution is 2.25. The first kappa shape index (κ1) is 15.0. The van der Waals surface area contributed by atoms with Gasteiger partial charge in [0.25, 0.3) is 0 Å². The van der Waals surface area contributed by atoms with Gasteiger partial charge in [0.15, 0.2) is 0 Å². The number of hydrogen-bond acceptors (Lipinski definition) is 1. The second-order valence-electron chi connectivity index (χ2n) is 4.36. The number of hydrogen-bond donors (Lipinski definition) is 1. The Morgan fingerprint density at radius 1 is 1.16 bits per heavy atom. The predicted octanol–water partition coefficient (Wildman–Crippen LogP) is 5.72. The molecule has 0 aromatic heterocycles. The lowest BCUT2D eigenvalue weighted by molar-refractivity contribution is 0.573. The van der Waals surface area contributed by atoms with E-state index in [1.165, 1.54) is 5.56 Å². The maximum atomic E-state index is 6.19. The molecule has 0 saturated carbocycles. The van der Waals surface area contributed by atoms with Crippen molar-refractivity contribution in [3.05, 3.63) is 67.6 Å². The van der Waals surface area contributed by atoms with Crippen LogP contribution < -0.4 is 5.32 Å². The molecule has 0 radical (unpaired) electrons. The molecular formula is C15H14Br2ClN. The third-order valence-electron chi connectivity index (χ3n) is 2.98. The molecule has 0 heterocycles. The number of nitrogens with one attached hydrogen (secondary N) is 1. The molecule has 2 aromatic carbocycles. The van der Waals surface area contributed by atoms with Gasteiger partial charge in [-0.05, 0) is 42.3 Å². The molecule has 0 aliphatic carbocycles. The monoisotopic (exact) mass is 401 g/mol. The Labute approximate surface area is 135 Å². The van der Waals surface area contributed by atoms with Gasteiger partial charge in [-0.3, -0.25) is 0 Å². The molecule has 1 atom stereocenters. The van der Waals surface area contributed by atoms with Crippen LogP contribution in [0.5, 0.6) is 0 Å². The maximum Gasteiger partial charge on any atom is 0.0451 e. The molecule has 0 aliphatic rings. The van der Waals surface area contributed by atoms with Gasteiger partial charge in [-0.15, -0.1) is 0 Å². The van der Waals surface area contributed by atoms with E-state index in [0.29, 0.717) is 0 Å². The molecule has 100 valence electrons. The van der Waals surface area contributed by atoms with E-state index < -0.39 is 0 Å². The van der Waals surface area contributed by atoms with Crippen molar-refractivity contribution in [1.29, 1.82) is 0 Å². The van der Waals surface area contributed by atoms with Crippen LogP contribution in [0.1, 0.15) is 24.1 Å². The van der Waals surface area contributed by atoms with Crippen molar-refractivity contribution in [2.24, 2.45) is 0 Å². The van der Waals surface area contributed by atoms with E-state index in [9.17, 15) is 0 Å². The van der Waals surface area contributed by atoms with Crippen LogP contribution in [0.3, 0.4) is 0 Å². The van der Waals surface area contributed by atoms with Gasteiger partial charge >= 0.3 is 0 Å². The Hall–Kier alpha value is -0.350. The summed E-state index contributed by atoms with van der Waals surface area (Å²) in [7, 11) is 0. The Morgan fingerprint density at radius 2 is 1.89 bits per heavy atom. The van der Waals surface area contributed by atoms with Crippen LogP contribution in [-0.2, 0) is 6.54 Å². The Morgan fingerprint density at radius 3 is 2.63 bits per heavy atom. The molecular weight excluding hydrogens is 389 g/mol. The molecule has 19 heavy (non-hydrogen) atoms. The molecule has 0 saturated heterocycles. The molecule has 0 amide bonds. The summed E-state index contributed by atoms with van der Waals surface area (Å²) in [6.07, 6.45) is 0. The summed E-state index contributed by atoms with van der Waals surface area (Å²) in [6, 6.07) is 14.4. The average Bonchev–Trinajstić information content (AvgIpc) is 2.40. The lowest BCUT2D eigenvalue weighted by Gasteiger charge is -2.16. The Bertz CT molecular complexity index is 572. The first-order valence-electron chi connectivity index (χ1n) is 5.99. The first-order chi connectivity index (χ1) is 9.08. The molecule has 0 spiro atoms. The first-order valence-corrected chi connectivity index (χ1v) is 7.96. The van der Waals surface area contributed by atoms with Crippen LogP contribution in [0.2, 0.25) is 5.02 Å². The Kier molecular flexibility index (Phi) is 5.46. The minimum Gasteiger partial charge on any atom is -0.306 e. The summed E-state index contributed by atoms with van der Waals surface area (Å²) in [4.78, 5) is 0. The standard InChI is InChI=1S/C15H14Br2ClN/c1-10(13-4-2-3-5-14(13)17)19-9-11-8-12(16)6-7-15(11)18/h2-8,10,19H,9H2,1H3. The van der Waals surface area contributed by atoms with Crippen LogP contribution in [0.4, 0.5) is 0 Å². The molecule has 1 nitrogen and oxygen atoms in total. The molecule has 0 bridgehead atoms. The van der Waals surface area contributed by atoms with Crippen molar-refractivity contribution in [2.45, 2.75) is 19.5 Å². The van der Waals surface area contributed by atoms with Gasteiger partial charge in [0, 0.05) is 26.6 Å². The zero-order chi connectivity index (χ0) is 13.8. The van der Waals surface area contributed by atoms with E-state index in [4.69, 9.17) is 11.6 Å². The van der Waals surface area contributed by atoms with Crippen LogP contribution in [0, 0.1) is 0 Å². The molecule has 0 fully saturated rings. The largest absolute Gasteiger partial charge is 0.306 e. The molecule has 1 unspecified atom stereocenters. The van der Waals surface area contributed by atoms with E-state index in [0.717, 1.165) is 26.1 Å². The van der Waals surface area contributed by atoms with Crippen molar-refractivity contribution in [3.63, 3.8) is 0 Å². The minimum absolute atomic E-state index is 0.255. The quantitative estimate of drug-likeness (QED) is 0.689. The average molecular weight is 404 g/mol. The summed E-state index contributed by atoms with van der Waals surface area (Å²) < 4.78 is 2.16. The third kappa shape index (κ3) is 4.06. The van der Waals surface area contributed by atoms with E-state index in [1.807, 2.05) is 30.3 Å². The number of halogens is 3. The zero-order valence-electron chi connectivity index (χ0n) is 10.5. The second kappa shape index (κ2) is 6.89. The molecule has 1 N–H and O–H groups in total. The molecule has 0 aliphatic heterocycles. The summed E-state index contributed by atoms with van der Waals surface area (Å²) in [5, 5.41) is 4.28. The van der Waals surface area contributed by atoms with Gasteiger partial charge in [0.1, 0.15) is 0 Å². The molecule has 4 heteroatoms. The fourth-order valence-electron chi connectivity index (χ4n) is 1.88. The highest BCUT2D eigenvalue weighted by Gasteiger charge is 2.09. The van der Waals surface area contributed by atoms with Gasteiger partial charge in [-0.2, -0.15) is 0 Å². The summed E-state index contributed by atoms with van der Waals surface area (Å²) in [6.45, 7) is 2.88.